The van der Waals surface area contributed by atoms with Crippen LogP contribution in [0.2, 0.25) is 0 Å². The minimum Gasteiger partial charge on any atom is -0.171 e. The monoisotopic (exact) mass is 260 g/mol. The molecular weight excluding hydrogens is 237 g/mol. The highest BCUT2D eigenvalue weighted by atomic mass is 19.4. The molecule has 0 aliphatic heterocycles. The van der Waals surface area contributed by atoms with Gasteiger partial charge in [0.05, 0.1) is 5.41 Å². The van der Waals surface area contributed by atoms with Crippen molar-refractivity contribution in [3.63, 3.8) is 0 Å². The number of alkyl halides is 3. The van der Waals surface area contributed by atoms with Crippen molar-refractivity contribution in [1.82, 2.24) is 0 Å². The first-order valence-electron chi connectivity index (χ1n) is 6.89. The van der Waals surface area contributed by atoms with E-state index in [9.17, 15) is 13.2 Å². The molecule has 18 heavy (non-hydrogen) atoms. The first-order valence-corrected chi connectivity index (χ1v) is 5.89. The van der Waals surface area contributed by atoms with Gasteiger partial charge in [-0.1, -0.05) is 58.9 Å². The Bertz CT molecular complexity index is 465. The summed E-state index contributed by atoms with van der Waals surface area (Å²) in [6.45, 7) is 7.78. The van der Waals surface area contributed by atoms with E-state index in [0.29, 0.717) is 0 Å². The van der Waals surface area contributed by atoms with E-state index < -0.39 is 18.0 Å². The molecule has 3 heteroatoms. The lowest BCUT2D eigenvalue weighted by Gasteiger charge is -2.28. The molecule has 0 heterocycles. The Morgan fingerprint density at radius 1 is 0.944 bits per heavy atom. The molecule has 0 atom stereocenters. The summed E-state index contributed by atoms with van der Waals surface area (Å²) >= 11 is 0. The van der Waals surface area contributed by atoms with Crippen LogP contribution in [0.1, 0.15) is 48.5 Å². The zero-order chi connectivity index (χ0) is 16.0. The van der Waals surface area contributed by atoms with Crippen LogP contribution in [0.15, 0.2) is 24.3 Å². The topological polar surface area (TPSA) is 0 Å². The highest BCUT2D eigenvalue weighted by Crippen LogP contribution is 2.40. The van der Waals surface area contributed by atoms with Crippen LogP contribution in [0, 0.1) is 5.41 Å². The van der Waals surface area contributed by atoms with Gasteiger partial charge in [0.2, 0.25) is 0 Å². The maximum atomic E-state index is 13.0. The van der Waals surface area contributed by atoms with Gasteiger partial charge in [-0.05, 0) is 22.9 Å². The molecule has 1 aromatic carbocycles. The van der Waals surface area contributed by atoms with Crippen molar-refractivity contribution in [3.8, 4) is 0 Å². The zero-order valence-electron chi connectivity index (χ0n) is 13.4. The average Bonchev–Trinajstić information content (AvgIpc) is 2.26. The summed E-state index contributed by atoms with van der Waals surface area (Å²) in [7, 11) is 0. The van der Waals surface area contributed by atoms with Crippen LogP contribution in [0.5, 0.6) is 0 Å². The minimum atomic E-state index is -4.61. The maximum Gasteiger partial charge on any atom is 0.394 e. The van der Waals surface area contributed by atoms with E-state index in [0.717, 1.165) is 19.4 Å². The van der Waals surface area contributed by atoms with E-state index in [1.54, 1.807) is 12.1 Å². The summed E-state index contributed by atoms with van der Waals surface area (Å²) in [5, 5.41) is 0. The van der Waals surface area contributed by atoms with Crippen LogP contribution in [0.4, 0.5) is 13.2 Å². The molecule has 0 radical (unpaired) electrons. The Kier molecular flexibility index (Phi) is 3.08. The van der Waals surface area contributed by atoms with Crippen molar-refractivity contribution in [2.45, 2.75) is 52.6 Å². The van der Waals surface area contributed by atoms with E-state index in [1.807, 2.05) is 20.8 Å². The van der Waals surface area contributed by atoms with Gasteiger partial charge in [0, 0.05) is 2.74 Å². The normalized spacial score (nSPS) is 16.2. The second kappa shape index (κ2) is 4.60. The quantitative estimate of drug-likeness (QED) is 0.692. The molecule has 0 aromatic heterocycles. The first kappa shape index (κ1) is 12.1. The van der Waals surface area contributed by atoms with Gasteiger partial charge >= 0.3 is 6.18 Å². The molecule has 0 saturated heterocycles. The van der Waals surface area contributed by atoms with Crippen molar-refractivity contribution in [2.75, 3.05) is 0 Å². The molecule has 102 valence electrons. The van der Waals surface area contributed by atoms with Gasteiger partial charge in [0.15, 0.2) is 0 Å². The predicted molar refractivity (Wildman–Crippen MR) is 68.7 cm³/mol. The van der Waals surface area contributed by atoms with E-state index in [-0.39, 0.29) is 11.0 Å². The highest BCUT2D eigenvalue weighted by molar-refractivity contribution is 5.28. The van der Waals surface area contributed by atoms with Crippen molar-refractivity contribution in [2.24, 2.45) is 5.41 Å². The van der Waals surface area contributed by atoms with E-state index >= 15 is 0 Å². The second-order valence-electron chi connectivity index (χ2n) is 6.08. The van der Waals surface area contributed by atoms with Gasteiger partial charge in [-0.25, -0.2) is 0 Å². The Morgan fingerprint density at radius 2 is 1.39 bits per heavy atom. The summed E-state index contributed by atoms with van der Waals surface area (Å²) in [6.07, 6.45) is -7.10. The molecule has 0 fully saturated rings. The molecule has 1 aromatic rings. The molecule has 0 N–H and O–H groups in total. The van der Waals surface area contributed by atoms with Crippen LogP contribution in [0.25, 0.3) is 0 Å². The van der Waals surface area contributed by atoms with Gasteiger partial charge in [0.1, 0.15) is 0 Å². The fourth-order valence-corrected chi connectivity index (χ4v) is 1.49. The SMILES string of the molecule is [2H]C([2H])(c1ccc(C(C)(C)C)cc1)C(C)(C)C(F)(F)F. The number of hydrogen-bond acceptors (Lipinski definition) is 0. The van der Waals surface area contributed by atoms with Gasteiger partial charge in [-0.2, -0.15) is 13.2 Å². The predicted octanol–water partition coefficient (Wildman–Crippen LogP) is 5.12. The summed E-state index contributed by atoms with van der Waals surface area (Å²) in [5.74, 6) is 0. The minimum absolute atomic E-state index is 0.0489. The van der Waals surface area contributed by atoms with Crippen LogP contribution < -0.4 is 0 Å². The Labute approximate surface area is 110 Å². The molecular formula is C15H21F3. The number of halogens is 3. The molecule has 0 unspecified atom stereocenters. The Balaban J connectivity index is 3.24. The summed E-state index contributed by atoms with van der Waals surface area (Å²) in [6, 6.07) is 6.29. The van der Waals surface area contributed by atoms with Crippen molar-refractivity contribution in [3.05, 3.63) is 35.4 Å². The molecule has 0 amide bonds. The molecule has 0 saturated carbocycles. The Hall–Kier alpha value is -0.990. The fourth-order valence-electron chi connectivity index (χ4n) is 1.49. The lowest BCUT2D eigenvalue weighted by atomic mass is 9.82. The van der Waals surface area contributed by atoms with Crippen molar-refractivity contribution < 1.29 is 15.9 Å². The van der Waals surface area contributed by atoms with Crippen LogP contribution in [-0.2, 0) is 11.8 Å². The first-order chi connectivity index (χ1) is 8.71. The van der Waals surface area contributed by atoms with E-state index in [2.05, 4.69) is 0 Å². The molecule has 0 bridgehead atoms. The van der Waals surface area contributed by atoms with Gasteiger partial charge in [-0.15, -0.1) is 0 Å². The molecule has 0 nitrogen and oxygen atoms in total. The lowest BCUT2D eigenvalue weighted by molar-refractivity contribution is -0.211. The molecule has 0 aliphatic carbocycles. The van der Waals surface area contributed by atoms with E-state index in [4.69, 9.17) is 2.74 Å². The van der Waals surface area contributed by atoms with Crippen LogP contribution in [0.3, 0.4) is 0 Å². The third kappa shape index (κ3) is 3.50. The molecule has 0 spiro atoms. The number of rotatable bonds is 2. The summed E-state index contributed by atoms with van der Waals surface area (Å²) in [5.41, 5.74) is -1.57. The lowest BCUT2D eigenvalue weighted by Crippen LogP contribution is -2.34. The molecule has 0 aliphatic rings. The highest BCUT2D eigenvalue weighted by Gasteiger charge is 2.46. The van der Waals surface area contributed by atoms with Crippen molar-refractivity contribution >= 4 is 0 Å². The standard InChI is InChI=1S/C15H21F3/c1-13(2,3)12-8-6-11(7-9-12)10-14(4,5)15(16,17)18/h6-9H,10H2,1-5H3/i10D2. The smallest absolute Gasteiger partial charge is 0.171 e. The summed E-state index contributed by atoms with van der Waals surface area (Å²) in [4.78, 5) is 0. The summed E-state index contributed by atoms with van der Waals surface area (Å²) < 4.78 is 54.9. The zero-order valence-corrected chi connectivity index (χ0v) is 11.4. The van der Waals surface area contributed by atoms with Crippen LogP contribution in [-0.4, -0.2) is 6.18 Å². The van der Waals surface area contributed by atoms with Gasteiger partial charge < -0.3 is 0 Å². The maximum absolute atomic E-state index is 13.0. The Morgan fingerprint density at radius 3 is 1.72 bits per heavy atom. The molecule has 1 rings (SSSR count). The third-order valence-corrected chi connectivity index (χ3v) is 2.92. The second-order valence-corrected chi connectivity index (χ2v) is 6.08. The average molecular weight is 260 g/mol. The number of hydrogen-bond donors (Lipinski definition) is 0. The van der Waals surface area contributed by atoms with Gasteiger partial charge in [0.25, 0.3) is 0 Å². The fraction of sp³-hybridized carbons (Fsp3) is 0.600. The van der Waals surface area contributed by atoms with E-state index in [1.165, 1.54) is 12.1 Å². The largest absolute Gasteiger partial charge is 0.394 e. The van der Waals surface area contributed by atoms with Gasteiger partial charge in [-0.3, -0.25) is 0 Å². The number of benzene rings is 1. The van der Waals surface area contributed by atoms with Crippen molar-refractivity contribution in [1.29, 1.82) is 0 Å². The van der Waals surface area contributed by atoms with Crippen LogP contribution >= 0.6 is 0 Å². The third-order valence-electron chi connectivity index (χ3n) is 2.92.